The number of piperidine rings is 2. The lowest BCUT2D eigenvalue weighted by molar-refractivity contribution is 0.218. The second kappa shape index (κ2) is 15.8. The summed E-state index contributed by atoms with van der Waals surface area (Å²) < 4.78 is 12.3. The minimum Gasteiger partial charge on any atom is -0.507 e. The number of rotatable bonds is 11. The molecule has 2 aromatic carbocycles. The van der Waals surface area contributed by atoms with Crippen LogP contribution in [0.2, 0.25) is 0 Å². The van der Waals surface area contributed by atoms with Crippen LogP contribution in [0.5, 0.6) is 11.5 Å². The van der Waals surface area contributed by atoms with Gasteiger partial charge in [0.15, 0.2) is 0 Å². The van der Waals surface area contributed by atoms with Crippen LogP contribution in [0.4, 0.5) is 0 Å². The molecule has 0 aliphatic carbocycles. The van der Waals surface area contributed by atoms with Gasteiger partial charge in [0.2, 0.25) is 10.9 Å². The maximum Gasteiger partial charge on any atom is 0.202 e. The van der Waals surface area contributed by atoms with Crippen molar-refractivity contribution in [2.24, 2.45) is 0 Å². The third-order valence-corrected chi connectivity index (χ3v) is 13.0. The van der Waals surface area contributed by atoms with Gasteiger partial charge in [-0.25, -0.2) is 9.97 Å². The Hall–Kier alpha value is -4.36. The van der Waals surface area contributed by atoms with E-state index < -0.39 is 0 Å². The molecule has 0 saturated carbocycles. The van der Waals surface area contributed by atoms with E-state index in [9.17, 15) is 19.8 Å². The van der Waals surface area contributed by atoms with Crippen LogP contribution >= 0.6 is 22.7 Å². The molecule has 2 N–H and O–H groups in total. The topological polar surface area (TPSA) is 133 Å². The van der Waals surface area contributed by atoms with Crippen molar-refractivity contribution in [2.75, 3.05) is 26.2 Å². The molecule has 0 radical (unpaired) electrons. The molecule has 6 aromatic rings. The summed E-state index contributed by atoms with van der Waals surface area (Å²) in [7, 11) is 0. The van der Waals surface area contributed by atoms with Crippen LogP contribution in [0.3, 0.4) is 0 Å². The highest BCUT2D eigenvalue weighted by Crippen LogP contribution is 2.37. The Balaban J connectivity index is 1.05. The van der Waals surface area contributed by atoms with E-state index in [-0.39, 0.29) is 22.4 Å². The molecular weight excluding hydrogens is 721 g/mol. The molecular formula is C42H46N4O6S2. The van der Waals surface area contributed by atoms with Crippen molar-refractivity contribution in [3.63, 3.8) is 0 Å². The molecule has 4 aromatic heterocycles. The summed E-state index contributed by atoms with van der Waals surface area (Å²) in [5, 5.41) is 25.0. The number of phenolic OH excluding ortho intramolecular Hbond substituents is 2. The fourth-order valence-corrected chi connectivity index (χ4v) is 9.72. The number of aromatic nitrogens is 2. The van der Waals surface area contributed by atoms with Crippen molar-refractivity contribution >= 4 is 44.6 Å². The number of thiazole rings is 2. The molecule has 54 heavy (non-hydrogen) atoms. The molecule has 0 bridgehead atoms. The number of nitrogens with zero attached hydrogens (tertiary/aromatic N) is 4. The SMILES string of the molecule is CCc1cc2c(=O)c(-c3ncc(CCCc4cc5c(=O)c(-c6ncc(C)s6)coc5c(CN5CCCCC5)c4O)s3)coc2c(CN2CCCCC2)c1O. The summed E-state index contributed by atoms with van der Waals surface area (Å²) in [4.78, 5) is 43.6. The lowest BCUT2D eigenvalue weighted by Gasteiger charge is -2.27. The molecule has 2 saturated heterocycles. The average molecular weight is 767 g/mol. The van der Waals surface area contributed by atoms with Gasteiger partial charge in [-0.3, -0.25) is 19.4 Å². The number of aryl methyl sites for hydroxylation is 4. The summed E-state index contributed by atoms with van der Waals surface area (Å²) >= 11 is 2.91. The highest BCUT2D eigenvalue weighted by atomic mass is 32.1. The van der Waals surface area contributed by atoms with Crippen molar-refractivity contribution in [3.8, 4) is 32.6 Å². The van der Waals surface area contributed by atoms with E-state index in [0.29, 0.717) is 98.5 Å². The Morgan fingerprint density at radius 3 is 1.76 bits per heavy atom. The zero-order valence-corrected chi connectivity index (χ0v) is 32.5. The van der Waals surface area contributed by atoms with Crippen LogP contribution in [0.25, 0.3) is 43.1 Å². The number of likely N-dealkylation sites (tertiary alicyclic amines) is 2. The summed E-state index contributed by atoms with van der Waals surface area (Å²) in [5.74, 6) is 0.403. The van der Waals surface area contributed by atoms with Crippen molar-refractivity contribution < 1.29 is 19.0 Å². The number of phenols is 2. The molecule has 0 spiro atoms. The number of fused-ring (bicyclic) bond motifs is 2. The average Bonchev–Trinajstić information content (AvgIpc) is 3.84. The first-order chi connectivity index (χ1) is 26.3. The summed E-state index contributed by atoms with van der Waals surface area (Å²) in [6.45, 7) is 8.81. The largest absolute Gasteiger partial charge is 0.507 e. The number of hydrogen-bond acceptors (Lipinski definition) is 12. The molecule has 2 aliphatic rings. The second-order valence-electron chi connectivity index (χ2n) is 14.7. The Kier molecular flexibility index (Phi) is 10.7. The predicted molar refractivity (Wildman–Crippen MR) is 215 cm³/mol. The van der Waals surface area contributed by atoms with E-state index in [1.54, 1.807) is 24.5 Å². The van der Waals surface area contributed by atoms with Gasteiger partial charge < -0.3 is 19.0 Å². The Labute approximate surface area is 321 Å². The van der Waals surface area contributed by atoms with Crippen LogP contribution < -0.4 is 10.9 Å². The molecule has 10 nitrogen and oxygen atoms in total. The maximum absolute atomic E-state index is 14.0. The van der Waals surface area contributed by atoms with Gasteiger partial charge in [-0.2, -0.15) is 0 Å². The quantitative estimate of drug-likeness (QED) is 0.132. The highest BCUT2D eigenvalue weighted by Gasteiger charge is 2.24. The number of aromatic hydroxyl groups is 2. The smallest absolute Gasteiger partial charge is 0.202 e. The van der Waals surface area contributed by atoms with Crippen LogP contribution in [0.1, 0.15) is 83.9 Å². The van der Waals surface area contributed by atoms with Gasteiger partial charge >= 0.3 is 0 Å². The first-order valence-electron chi connectivity index (χ1n) is 19.2. The molecule has 0 atom stereocenters. The van der Waals surface area contributed by atoms with Gasteiger partial charge in [-0.15, -0.1) is 22.7 Å². The Morgan fingerprint density at radius 1 is 0.704 bits per heavy atom. The molecule has 0 unspecified atom stereocenters. The number of hydrogen-bond donors (Lipinski definition) is 2. The number of benzene rings is 2. The lowest BCUT2D eigenvalue weighted by atomic mass is 9.98. The van der Waals surface area contributed by atoms with Gasteiger partial charge in [-0.1, -0.05) is 19.8 Å². The third kappa shape index (κ3) is 7.24. The molecule has 0 amide bonds. The van der Waals surface area contributed by atoms with Crippen molar-refractivity contribution in [1.82, 2.24) is 19.8 Å². The zero-order chi connectivity index (χ0) is 37.3. The maximum atomic E-state index is 14.0. The van der Waals surface area contributed by atoms with Crippen LogP contribution in [0.15, 0.2) is 55.5 Å². The molecule has 6 heterocycles. The van der Waals surface area contributed by atoms with E-state index in [1.165, 1.54) is 48.0 Å². The molecule has 2 aliphatic heterocycles. The molecule has 282 valence electrons. The molecule has 2 fully saturated rings. The fourth-order valence-electron chi connectivity index (χ4n) is 7.99. The Morgan fingerprint density at radius 2 is 1.22 bits per heavy atom. The lowest BCUT2D eigenvalue weighted by Crippen LogP contribution is -2.29. The van der Waals surface area contributed by atoms with Crippen molar-refractivity contribution in [3.05, 3.63) is 89.5 Å². The normalized spacial score (nSPS) is 15.8. The zero-order valence-electron chi connectivity index (χ0n) is 30.9. The van der Waals surface area contributed by atoms with Crippen LogP contribution in [-0.2, 0) is 32.4 Å². The first-order valence-corrected chi connectivity index (χ1v) is 20.8. The minimum absolute atomic E-state index is 0.145. The van der Waals surface area contributed by atoms with E-state index in [0.717, 1.165) is 67.2 Å². The first kappa shape index (κ1) is 36.6. The van der Waals surface area contributed by atoms with Gasteiger partial charge in [0.1, 0.15) is 45.2 Å². The van der Waals surface area contributed by atoms with Gasteiger partial charge in [-0.05, 0) is 108 Å². The summed E-state index contributed by atoms with van der Waals surface area (Å²) in [5.41, 5.74) is 4.20. The summed E-state index contributed by atoms with van der Waals surface area (Å²) in [6.07, 6.45) is 15.9. The fraction of sp³-hybridized carbons (Fsp3) is 0.429. The molecule has 8 rings (SSSR count). The minimum atomic E-state index is -0.153. The van der Waals surface area contributed by atoms with Crippen LogP contribution in [-0.4, -0.2) is 56.2 Å². The van der Waals surface area contributed by atoms with Crippen molar-refractivity contribution in [1.29, 1.82) is 0 Å². The van der Waals surface area contributed by atoms with Gasteiger partial charge in [0.25, 0.3) is 0 Å². The second-order valence-corrected chi connectivity index (χ2v) is 17.1. The van der Waals surface area contributed by atoms with Gasteiger partial charge in [0.05, 0.1) is 33.0 Å². The third-order valence-electron chi connectivity index (χ3n) is 11.0. The predicted octanol–water partition coefficient (Wildman–Crippen LogP) is 8.58. The van der Waals surface area contributed by atoms with E-state index in [1.807, 2.05) is 13.8 Å². The highest BCUT2D eigenvalue weighted by molar-refractivity contribution is 7.15. The van der Waals surface area contributed by atoms with Crippen LogP contribution in [0, 0.1) is 6.92 Å². The molecule has 12 heteroatoms. The Bertz CT molecular complexity index is 2430. The summed E-state index contributed by atoms with van der Waals surface area (Å²) in [6, 6.07) is 3.56. The van der Waals surface area contributed by atoms with E-state index in [2.05, 4.69) is 19.8 Å². The van der Waals surface area contributed by atoms with E-state index in [4.69, 9.17) is 8.83 Å². The monoisotopic (exact) mass is 766 g/mol. The van der Waals surface area contributed by atoms with Gasteiger partial charge in [0, 0.05) is 35.2 Å². The van der Waals surface area contributed by atoms with E-state index >= 15 is 0 Å². The van der Waals surface area contributed by atoms with Crippen molar-refractivity contribution in [2.45, 2.75) is 91.1 Å². The standard InChI is InChI=1S/C42H46N4O6S2/c1-3-26-17-29-37(49)34(24-52-39(29)31(35(26)47)21-45-13-6-4-7-14-45)42-44-20-28(54-42)12-10-11-27-18-30-38(50)33(41-43-19-25(2)53-41)23-51-40(30)32(36(27)48)22-46-15-8-5-9-16-46/h17-20,23-24,47-48H,3-16,21-22H2,1-2H3.